The molecule has 2 aromatic rings. The van der Waals surface area contributed by atoms with E-state index in [1.165, 1.54) is 0 Å². The third-order valence-electron chi connectivity index (χ3n) is 2.83. The molecule has 0 aliphatic heterocycles. The van der Waals surface area contributed by atoms with Gasteiger partial charge in [0.2, 0.25) is 0 Å². The SMILES string of the molecule is COc1cc(C)ccc1-c1ccccc1CO. The smallest absolute Gasteiger partial charge is 0.126 e. The second-order valence-electron chi connectivity index (χ2n) is 4.02. The van der Waals surface area contributed by atoms with Crippen LogP contribution in [-0.2, 0) is 6.61 Å². The molecule has 2 rings (SSSR count). The number of aryl methyl sites for hydroxylation is 1. The zero-order valence-corrected chi connectivity index (χ0v) is 10.1. The molecule has 0 fully saturated rings. The summed E-state index contributed by atoms with van der Waals surface area (Å²) in [6.45, 7) is 2.07. The Morgan fingerprint density at radius 1 is 1.06 bits per heavy atom. The second kappa shape index (κ2) is 5.02. The van der Waals surface area contributed by atoms with E-state index in [-0.39, 0.29) is 6.61 Å². The molecule has 2 heteroatoms. The second-order valence-corrected chi connectivity index (χ2v) is 4.02. The fourth-order valence-electron chi connectivity index (χ4n) is 1.94. The molecule has 1 N–H and O–H groups in total. The Hall–Kier alpha value is -1.80. The molecule has 2 nitrogen and oxygen atoms in total. The van der Waals surface area contributed by atoms with Crippen molar-refractivity contribution >= 4 is 0 Å². The third kappa shape index (κ3) is 2.32. The third-order valence-corrected chi connectivity index (χ3v) is 2.83. The number of hydrogen-bond donors (Lipinski definition) is 1. The van der Waals surface area contributed by atoms with Crippen molar-refractivity contribution in [2.45, 2.75) is 13.5 Å². The van der Waals surface area contributed by atoms with E-state index in [9.17, 15) is 5.11 Å². The molecule has 0 unspecified atom stereocenters. The zero-order chi connectivity index (χ0) is 12.3. The molecule has 0 saturated carbocycles. The van der Waals surface area contributed by atoms with Gasteiger partial charge in [0.05, 0.1) is 13.7 Å². The number of aliphatic hydroxyl groups excluding tert-OH is 1. The molecule has 0 aliphatic rings. The van der Waals surface area contributed by atoms with Gasteiger partial charge in [-0.15, -0.1) is 0 Å². The summed E-state index contributed by atoms with van der Waals surface area (Å²) in [5, 5.41) is 9.36. The quantitative estimate of drug-likeness (QED) is 0.874. The number of methoxy groups -OCH3 is 1. The molecule has 88 valence electrons. The first-order valence-electron chi connectivity index (χ1n) is 5.60. The normalized spacial score (nSPS) is 10.3. The van der Waals surface area contributed by atoms with E-state index in [1.54, 1.807) is 7.11 Å². The minimum Gasteiger partial charge on any atom is -0.496 e. The number of ether oxygens (including phenoxy) is 1. The summed E-state index contributed by atoms with van der Waals surface area (Å²) >= 11 is 0. The van der Waals surface area contributed by atoms with E-state index < -0.39 is 0 Å². The van der Waals surface area contributed by atoms with Crippen molar-refractivity contribution in [3.8, 4) is 16.9 Å². The van der Waals surface area contributed by atoms with E-state index in [0.717, 1.165) is 28.0 Å². The van der Waals surface area contributed by atoms with Crippen LogP contribution in [0.3, 0.4) is 0 Å². The lowest BCUT2D eigenvalue weighted by Crippen LogP contribution is -1.93. The summed E-state index contributed by atoms with van der Waals surface area (Å²) in [5.74, 6) is 0.839. The van der Waals surface area contributed by atoms with Gasteiger partial charge in [0.25, 0.3) is 0 Å². The van der Waals surface area contributed by atoms with Crippen molar-refractivity contribution in [3.63, 3.8) is 0 Å². The minimum absolute atomic E-state index is 0.0349. The molecule has 0 heterocycles. The van der Waals surface area contributed by atoms with Gasteiger partial charge in [-0.3, -0.25) is 0 Å². The molecule has 0 atom stereocenters. The fraction of sp³-hybridized carbons (Fsp3) is 0.200. The highest BCUT2D eigenvalue weighted by molar-refractivity contribution is 5.73. The van der Waals surface area contributed by atoms with Gasteiger partial charge in [-0.25, -0.2) is 0 Å². The first kappa shape index (κ1) is 11.7. The molecule has 0 radical (unpaired) electrons. The first-order valence-corrected chi connectivity index (χ1v) is 5.60. The predicted octanol–water partition coefficient (Wildman–Crippen LogP) is 3.16. The Balaban J connectivity index is 2.59. The highest BCUT2D eigenvalue weighted by atomic mass is 16.5. The van der Waals surface area contributed by atoms with Gasteiger partial charge in [0.15, 0.2) is 0 Å². The number of hydrogen-bond acceptors (Lipinski definition) is 2. The summed E-state index contributed by atoms with van der Waals surface area (Å²) in [6, 6.07) is 13.9. The first-order chi connectivity index (χ1) is 8.26. The molecule has 0 aromatic heterocycles. The number of rotatable bonds is 3. The highest BCUT2D eigenvalue weighted by Crippen LogP contribution is 2.32. The van der Waals surface area contributed by atoms with Crippen LogP contribution in [0, 0.1) is 6.92 Å². The molecule has 17 heavy (non-hydrogen) atoms. The topological polar surface area (TPSA) is 29.5 Å². The average Bonchev–Trinajstić information content (AvgIpc) is 2.38. The monoisotopic (exact) mass is 228 g/mol. The molecular weight excluding hydrogens is 212 g/mol. The molecule has 0 bridgehead atoms. The Kier molecular flexibility index (Phi) is 3.45. The molecule has 0 aliphatic carbocycles. The average molecular weight is 228 g/mol. The van der Waals surface area contributed by atoms with Crippen LogP contribution in [0.15, 0.2) is 42.5 Å². The van der Waals surface area contributed by atoms with E-state index in [2.05, 4.69) is 0 Å². The molecular formula is C15H16O2. The van der Waals surface area contributed by atoms with Crippen LogP contribution in [0.2, 0.25) is 0 Å². The Morgan fingerprint density at radius 3 is 2.53 bits per heavy atom. The maximum atomic E-state index is 9.36. The number of benzene rings is 2. The molecule has 0 saturated heterocycles. The Bertz CT molecular complexity index is 518. The number of aliphatic hydroxyl groups is 1. The summed E-state index contributed by atoms with van der Waals surface area (Å²) in [6.07, 6.45) is 0. The van der Waals surface area contributed by atoms with Crippen molar-refractivity contribution in [1.29, 1.82) is 0 Å². The molecule has 0 amide bonds. The van der Waals surface area contributed by atoms with E-state index in [4.69, 9.17) is 4.74 Å². The van der Waals surface area contributed by atoms with Crippen LogP contribution in [0.4, 0.5) is 0 Å². The van der Waals surface area contributed by atoms with Gasteiger partial charge in [0, 0.05) is 5.56 Å². The van der Waals surface area contributed by atoms with Crippen LogP contribution in [0.1, 0.15) is 11.1 Å². The fourth-order valence-corrected chi connectivity index (χ4v) is 1.94. The standard InChI is InChI=1S/C15H16O2/c1-11-7-8-14(15(9-11)17-2)13-6-4-3-5-12(13)10-16/h3-9,16H,10H2,1-2H3. The summed E-state index contributed by atoms with van der Waals surface area (Å²) in [7, 11) is 1.67. The predicted molar refractivity (Wildman–Crippen MR) is 69.1 cm³/mol. The van der Waals surface area contributed by atoms with Crippen molar-refractivity contribution in [2.24, 2.45) is 0 Å². The lowest BCUT2D eigenvalue weighted by atomic mass is 9.98. The lowest BCUT2D eigenvalue weighted by Gasteiger charge is -2.12. The van der Waals surface area contributed by atoms with Crippen LogP contribution in [-0.4, -0.2) is 12.2 Å². The van der Waals surface area contributed by atoms with Gasteiger partial charge in [-0.1, -0.05) is 36.4 Å². The van der Waals surface area contributed by atoms with Crippen LogP contribution < -0.4 is 4.74 Å². The maximum absolute atomic E-state index is 9.36. The van der Waals surface area contributed by atoms with Crippen LogP contribution in [0.5, 0.6) is 5.75 Å². The van der Waals surface area contributed by atoms with Crippen molar-refractivity contribution < 1.29 is 9.84 Å². The lowest BCUT2D eigenvalue weighted by molar-refractivity contribution is 0.282. The van der Waals surface area contributed by atoms with Crippen LogP contribution >= 0.6 is 0 Å². The van der Waals surface area contributed by atoms with Gasteiger partial charge >= 0.3 is 0 Å². The molecule has 2 aromatic carbocycles. The summed E-state index contributed by atoms with van der Waals surface area (Å²) < 4.78 is 5.40. The van der Waals surface area contributed by atoms with E-state index in [0.29, 0.717) is 0 Å². The van der Waals surface area contributed by atoms with E-state index in [1.807, 2.05) is 49.4 Å². The highest BCUT2D eigenvalue weighted by Gasteiger charge is 2.09. The van der Waals surface area contributed by atoms with Crippen molar-refractivity contribution in [3.05, 3.63) is 53.6 Å². The Morgan fingerprint density at radius 2 is 1.82 bits per heavy atom. The van der Waals surface area contributed by atoms with E-state index >= 15 is 0 Å². The summed E-state index contributed by atoms with van der Waals surface area (Å²) in [5.41, 5.74) is 4.11. The maximum Gasteiger partial charge on any atom is 0.126 e. The van der Waals surface area contributed by atoms with Crippen molar-refractivity contribution in [1.82, 2.24) is 0 Å². The minimum atomic E-state index is 0.0349. The van der Waals surface area contributed by atoms with Crippen LogP contribution in [0.25, 0.3) is 11.1 Å². The van der Waals surface area contributed by atoms with Gasteiger partial charge in [-0.2, -0.15) is 0 Å². The van der Waals surface area contributed by atoms with Crippen molar-refractivity contribution in [2.75, 3.05) is 7.11 Å². The Labute approximate surface area is 101 Å². The largest absolute Gasteiger partial charge is 0.496 e. The van der Waals surface area contributed by atoms with Gasteiger partial charge < -0.3 is 9.84 Å². The summed E-state index contributed by atoms with van der Waals surface area (Å²) in [4.78, 5) is 0. The van der Waals surface area contributed by atoms with Gasteiger partial charge in [-0.05, 0) is 29.7 Å². The molecule has 0 spiro atoms. The van der Waals surface area contributed by atoms with Gasteiger partial charge in [0.1, 0.15) is 5.75 Å². The zero-order valence-electron chi connectivity index (χ0n) is 10.1.